The van der Waals surface area contributed by atoms with Crippen molar-refractivity contribution in [2.75, 3.05) is 0 Å². The highest BCUT2D eigenvalue weighted by Gasteiger charge is 2.19. The number of hydrogen-bond acceptors (Lipinski definition) is 4. The van der Waals surface area contributed by atoms with Crippen molar-refractivity contribution in [2.45, 2.75) is 20.8 Å². The summed E-state index contributed by atoms with van der Waals surface area (Å²) in [5.74, 6) is 0.727. The maximum absolute atomic E-state index is 4.99. The highest BCUT2D eigenvalue weighted by Crippen LogP contribution is 2.35. The molecule has 0 amide bonds. The van der Waals surface area contributed by atoms with Crippen LogP contribution in [-0.4, -0.2) is 25.1 Å². The Labute approximate surface area is 202 Å². The molecule has 0 bridgehead atoms. The molecule has 0 aliphatic carbocycles. The molecule has 2 N–H and O–H groups in total. The number of rotatable bonds is 6. The van der Waals surface area contributed by atoms with Gasteiger partial charge in [0.1, 0.15) is 5.69 Å². The molecule has 0 spiro atoms. The van der Waals surface area contributed by atoms with Crippen molar-refractivity contribution in [3.8, 4) is 22.6 Å². The minimum absolute atomic E-state index is 0.727. The highest BCUT2D eigenvalue weighted by atomic mass is 32.1. The summed E-state index contributed by atoms with van der Waals surface area (Å²) in [6.07, 6.45) is 7.55. The van der Waals surface area contributed by atoms with Crippen LogP contribution < -0.4 is 0 Å². The highest BCUT2D eigenvalue weighted by molar-refractivity contribution is 7.14. The molecular formula is C28H25N5S. The Hall–Kier alpha value is -4.03. The van der Waals surface area contributed by atoms with E-state index < -0.39 is 0 Å². The summed E-state index contributed by atoms with van der Waals surface area (Å²) >= 11 is 1.71. The van der Waals surface area contributed by atoms with E-state index in [9.17, 15) is 0 Å². The summed E-state index contributed by atoms with van der Waals surface area (Å²) in [4.78, 5) is 15.1. The van der Waals surface area contributed by atoms with E-state index in [1.54, 1.807) is 17.4 Å². The molecule has 5 nitrogen and oxygen atoms in total. The van der Waals surface area contributed by atoms with Gasteiger partial charge < -0.3 is 4.98 Å². The predicted octanol–water partition coefficient (Wildman–Crippen LogP) is 7.34. The molecule has 1 aromatic carbocycles. The second kappa shape index (κ2) is 8.72. The van der Waals surface area contributed by atoms with Gasteiger partial charge in [0.25, 0.3) is 0 Å². The van der Waals surface area contributed by atoms with Crippen molar-refractivity contribution in [2.24, 2.45) is 0 Å². The van der Waals surface area contributed by atoms with Gasteiger partial charge in [-0.1, -0.05) is 31.4 Å². The van der Waals surface area contributed by atoms with E-state index in [1.165, 1.54) is 0 Å². The fourth-order valence-corrected chi connectivity index (χ4v) is 4.99. The third-order valence-corrected chi connectivity index (χ3v) is 6.99. The minimum atomic E-state index is 0.727. The lowest BCUT2D eigenvalue weighted by molar-refractivity contribution is 1.10. The number of H-pyrrole nitrogens is 2. The van der Waals surface area contributed by atoms with Crippen molar-refractivity contribution >= 4 is 33.4 Å². The van der Waals surface area contributed by atoms with Gasteiger partial charge in [0, 0.05) is 44.4 Å². The van der Waals surface area contributed by atoms with Crippen LogP contribution in [0.2, 0.25) is 0 Å². The number of aromatic amines is 2. The molecule has 0 aliphatic rings. The first-order valence-corrected chi connectivity index (χ1v) is 11.8. The van der Waals surface area contributed by atoms with E-state index in [1.807, 2.05) is 45.3 Å². The third-order valence-electron chi connectivity index (χ3n) is 5.71. The molecule has 5 aromatic rings. The summed E-state index contributed by atoms with van der Waals surface area (Å²) in [5, 5.41) is 8.75. The standard InChI is InChI=1S/C28H25N5S/c1-6-7-21(25-11-10-24(34-25)16(2)3)26-18(5)30-28(31-26)27-22-13-19(8-9-23(22)32-33-27)20-12-17(4)14-29-15-20/h6-15H,1-2H2,3-5H3,(H,30,31)(H,32,33)/b21-7-. The molecule has 4 aromatic heterocycles. The van der Waals surface area contributed by atoms with E-state index in [0.29, 0.717) is 0 Å². The molecule has 0 unspecified atom stereocenters. The zero-order chi connectivity index (χ0) is 23.8. The largest absolute Gasteiger partial charge is 0.340 e. The molecule has 0 atom stereocenters. The lowest BCUT2D eigenvalue weighted by Gasteiger charge is -2.03. The van der Waals surface area contributed by atoms with Crippen LogP contribution in [0.5, 0.6) is 0 Å². The average Bonchev–Trinajstić information content (AvgIpc) is 3.55. The number of benzene rings is 1. The second-order valence-corrected chi connectivity index (χ2v) is 9.49. The second-order valence-electron chi connectivity index (χ2n) is 8.40. The van der Waals surface area contributed by atoms with E-state index in [4.69, 9.17) is 4.98 Å². The fourth-order valence-electron chi connectivity index (χ4n) is 4.03. The van der Waals surface area contributed by atoms with Crippen molar-refractivity contribution < 1.29 is 0 Å². The van der Waals surface area contributed by atoms with Crippen LogP contribution in [0, 0.1) is 13.8 Å². The first kappa shape index (κ1) is 21.8. The third kappa shape index (κ3) is 3.93. The van der Waals surface area contributed by atoms with E-state index in [-0.39, 0.29) is 0 Å². The Morgan fingerprint density at radius 1 is 1.03 bits per heavy atom. The molecule has 0 aliphatic heterocycles. The fraction of sp³-hybridized carbons (Fsp3) is 0.107. The number of fused-ring (bicyclic) bond motifs is 1. The Morgan fingerprint density at radius 2 is 1.85 bits per heavy atom. The number of aryl methyl sites for hydroxylation is 2. The summed E-state index contributed by atoms with van der Waals surface area (Å²) in [6.45, 7) is 14.1. The molecule has 34 heavy (non-hydrogen) atoms. The lowest BCUT2D eigenvalue weighted by atomic mass is 10.0. The maximum Gasteiger partial charge on any atom is 0.159 e. The van der Waals surface area contributed by atoms with E-state index in [2.05, 4.69) is 63.7 Å². The summed E-state index contributed by atoms with van der Waals surface area (Å²) in [7, 11) is 0. The lowest BCUT2D eigenvalue weighted by Crippen LogP contribution is -1.88. The van der Waals surface area contributed by atoms with Gasteiger partial charge in [-0.3, -0.25) is 10.1 Å². The number of nitrogens with one attached hydrogen (secondary N) is 2. The first-order valence-electron chi connectivity index (χ1n) is 11.0. The van der Waals surface area contributed by atoms with E-state index in [0.717, 1.165) is 71.4 Å². The molecule has 6 heteroatoms. The zero-order valence-electron chi connectivity index (χ0n) is 19.4. The van der Waals surface area contributed by atoms with Gasteiger partial charge in [0.2, 0.25) is 0 Å². The maximum atomic E-state index is 4.99. The monoisotopic (exact) mass is 463 g/mol. The summed E-state index contributed by atoms with van der Waals surface area (Å²) in [5.41, 5.74) is 8.99. The summed E-state index contributed by atoms with van der Waals surface area (Å²) in [6, 6.07) is 12.6. The van der Waals surface area contributed by atoms with Gasteiger partial charge in [-0.25, -0.2) is 4.98 Å². The first-order chi connectivity index (χ1) is 16.4. The average molecular weight is 464 g/mol. The van der Waals surface area contributed by atoms with Crippen molar-refractivity contribution in [3.05, 3.63) is 101 Å². The van der Waals surface area contributed by atoms with Crippen LogP contribution in [0.15, 0.2) is 74.1 Å². The molecule has 5 rings (SSSR count). The number of aromatic nitrogens is 5. The summed E-state index contributed by atoms with van der Waals surface area (Å²) < 4.78 is 0. The zero-order valence-corrected chi connectivity index (χ0v) is 20.3. The van der Waals surface area contributed by atoms with Crippen LogP contribution in [0.1, 0.15) is 33.6 Å². The van der Waals surface area contributed by atoms with Crippen molar-refractivity contribution in [1.82, 2.24) is 25.1 Å². The van der Waals surface area contributed by atoms with Crippen LogP contribution in [-0.2, 0) is 0 Å². The van der Waals surface area contributed by atoms with Gasteiger partial charge in [0.15, 0.2) is 5.82 Å². The van der Waals surface area contributed by atoms with Crippen LogP contribution in [0.3, 0.4) is 0 Å². The van der Waals surface area contributed by atoms with Crippen LogP contribution in [0.25, 0.3) is 44.7 Å². The molecule has 0 fully saturated rings. The number of thiophene rings is 1. The Balaban J connectivity index is 1.59. The van der Waals surface area contributed by atoms with Gasteiger partial charge in [0.05, 0.1) is 11.2 Å². The number of nitrogens with zero attached hydrogens (tertiary/aromatic N) is 3. The molecular weight excluding hydrogens is 438 g/mol. The molecule has 168 valence electrons. The van der Waals surface area contributed by atoms with Crippen LogP contribution >= 0.6 is 11.3 Å². The van der Waals surface area contributed by atoms with E-state index >= 15 is 0 Å². The Bertz CT molecular complexity index is 1580. The van der Waals surface area contributed by atoms with Gasteiger partial charge in [-0.05, 0) is 67.8 Å². The number of hydrogen-bond donors (Lipinski definition) is 2. The van der Waals surface area contributed by atoms with Crippen LogP contribution in [0.4, 0.5) is 0 Å². The molecule has 0 saturated carbocycles. The molecule has 4 heterocycles. The Morgan fingerprint density at radius 3 is 2.59 bits per heavy atom. The molecule has 0 radical (unpaired) electrons. The van der Waals surface area contributed by atoms with Crippen molar-refractivity contribution in [3.63, 3.8) is 0 Å². The topological polar surface area (TPSA) is 70.2 Å². The number of allylic oxidation sites excluding steroid dienone is 3. The van der Waals surface area contributed by atoms with Crippen molar-refractivity contribution in [1.29, 1.82) is 0 Å². The molecule has 0 saturated heterocycles. The normalized spacial score (nSPS) is 11.8. The minimum Gasteiger partial charge on any atom is -0.340 e. The Kier molecular flexibility index (Phi) is 5.59. The number of imidazole rings is 1. The SMILES string of the molecule is C=C/C=C(/c1ccc(C(=C)C)s1)c1nc(-c2n[nH]c3ccc(-c4cncc(C)c4)cc23)[nH]c1C. The number of pyridine rings is 1. The van der Waals surface area contributed by atoms with Gasteiger partial charge in [-0.2, -0.15) is 5.10 Å². The quantitative estimate of drug-likeness (QED) is 0.259. The van der Waals surface area contributed by atoms with Gasteiger partial charge >= 0.3 is 0 Å². The van der Waals surface area contributed by atoms with Gasteiger partial charge in [-0.15, -0.1) is 11.3 Å². The smallest absolute Gasteiger partial charge is 0.159 e. The predicted molar refractivity (Wildman–Crippen MR) is 143 cm³/mol.